The third-order valence-corrected chi connectivity index (χ3v) is 4.40. The highest BCUT2D eigenvalue weighted by Gasteiger charge is 2.15. The molecule has 2 aromatic rings. The minimum Gasteiger partial charge on any atom is -0.492 e. The number of hydrogen-bond acceptors (Lipinski definition) is 6. The Hall–Kier alpha value is -3.03. The molecule has 0 atom stereocenters. The van der Waals surface area contributed by atoms with E-state index < -0.39 is 0 Å². The quantitative estimate of drug-likeness (QED) is 0.606. The van der Waals surface area contributed by atoms with E-state index in [1.165, 1.54) is 12.8 Å². The summed E-state index contributed by atoms with van der Waals surface area (Å²) in [6.07, 6.45) is 2.41. The van der Waals surface area contributed by atoms with Gasteiger partial charge in [0.1, 0.15) is 11.6 Å². The van der Waals surface area contributed by atoms with Crippen LogP contribution in [0.1, 0.15) is 25.5 Å². The molecule has 0 unspecified atom stereocenters. The summed E-state index contributed by atoms with van der Waals surface area (Å²) in [7, 11) is 0. The Bertz CT molecular complexity index is 792. The van der Waals surface area contributed by atoms with Gasteiger partial charge in [-0.05, 0) is 38.8 Å². The maximum absolute atomic E-state index is 12.1. The summed E-state index contributed by atoms with van der Waals surface area (Å²) in [5.74, 6) is 2.21. The molecule has 1 aromatic heterocycles. The molecule has 0 saturated carbocycles. The van der Waals surface area contributed by atoms with Crippen molar-refractivity contribution in [2.75, 3.05) is 48.3 Å². The number of hydrogen-bond donors (Lipinski definition) is 3. The monoisotopic (exact) mass is 384 g/mol. The van der Waals surface area contributed by atoms with Crippen LogP contribution in [0, 0.1) is 6.92 Å². The molecule has 1 aliphatic heterocycles. The molecule has 0 bridgehead atoms. The minimum atomic E-state index is -0.281. The van der Waals surface area contributed by atoms with E-state index in [2.05, 4.69) is 30.8 Å². The molecule has 1 aromatic carbocycles. The number of para-hydroxylation sites is 2. The molecule has 8 heteroatoms. The van der Waals surface area contributed by atoms with Gasteiger partial charge >= 0.3 is 6.03 Å². The van der Waals surface area contributed by atoms with Gasteiger partial charge in [0.15, 0.2) is 0 Å². The summed E-state index contributed by atoms with van der Waals surface area (Å²) in [5, 5.41) is 8.81. The molecular weight excluding hydrogens is 356 g/mol. The molecule has 1 saturated heterocycles. The van der Waals surface area contributed by atoms with E-state index in [1.807, 2.05) is 44.2 Å². The molecule has 28 heavy (non-hydrogen) atoms. The molecule has 0 aliphatic carbocycles. The van der Waals surface area contributed by atoms with E-state index >= 15 is 0 Å². The van der Waals surface area contributed by atoms with Crippen molar-refractivity contribution < 1.29 is 9.53 Å². The SMILES string of the molecule is CCOc1ccccc1NC(=O)NCCNc1nc(C)cc(N2CCCC2)n1. The normalized spacial score (nSPS) is 13.3. The van der Waals surface area contributed by atoms with E-state index in [0.29, 0.717) is 37.1 Å². The summed E-state index contributed by atoms with van der Waals surface area (Å²) in [5.41, 5.74) is 1.57. The lowest BCUT2D eigenvalue weighted by Gasteiger charge is -2.17. The number of nitrogens with one attached hydrogen (secondary N) is 3. The number of benzene rings is 1. The Labute approximate surface area is 165 Å². The number of nitrogens with zero attached hydrogens (tertiary/aromatic N) is 3. The van der Waals surface area contributed by atoms with Crippen molar-refractivity contribution in [3.8, 4) is 5.75 Å². The Balaban J connectivity index is 1.46. The van der Waals surface area contributed by atoms with Crippen LogP contribution in [0.15, 0.2) is 30.3 Å². The van der Waals surface area contributed by atoms with Crippen molar-refractivity contribution >= 4 is 23.5 Å². The molecule has 8 nitrogen and oxygen atoms in total. The molecule has 3 N–H and O–H groups in total. The molecule has 150 valence electrons. The van der Waals surface area contributed by atoms with Crippen LogP contribution in [0.2, 0.25) is 0 Å². The zero-order chi connectivity index (χ0) is 19.8. The number of amides is 2. The molecule has 1 aliphatic rings. The van der Waals surface area contributed by atoms with Gasteiger partial charge in [0.2, 0.25) is 5.95 Å². The van der Waals surface area contributed by atoms with Crippen molar-refractivity contribution in [3.05, 3.63) is 36.0 Å². The van der Waals surface area contributed by atoms with Gasteiger partial charge in [-0.15, -0.1) is 0 Å². The number of anilines is 3. The molecule has 2 amide bonds. The van der Waals surface area contributed by atoms with E-state index in [0.717, 1.165) is 24.6 Å². The Morgan fingerprint density at radius 2 is 1.96 bits per heavy atom. The third-order valence-electron chi connectivity index (χ3n) is 4.40. The van der Waals surface area contributed by atoms with Gasteiger partial charge in [-0.3, -0.25) is 0 Å². The number of aromatic nitrogens is 2. The van der Waals surface area contributed by atoms with E-state index in [4.69, 9.17) is 4.74 Å². The number of aryl methyl sites for hydroxylation is 1. The molecular formula is C20H28N6O2. The highest BCUT2D eigenvalue weighted by atomic mass is 16.5. The maximum atomic E-state index is 12.1. The van der Waals surface area contributed by atoms with Crippen LogP contribution >= 0.6 is 0 Å². The fraction of sp³-hybridized carbons (Fsp3) is 0.450. The molecule has 3 rings (SSSR count). The summed E-state index contributed by atoms with van der Waals surface area (Å²) >= 11 is 0. The van der Waals surface area contributed by atoms with Crippen LogP contribution in [0.4, 0.5) is 22.2 Å². The van der Waals surface area contributed by atoms with Gasteiger partial charge < -0.3 is 25.6 Å². The summed E-state index contributed by atoms with van der Waals surface area (Å²) in [4.78, 5) is 23.4. The first-order chi connectivity index (χ1) is 13.7. The van der Waals surface area contributed by atoms with Crippen molar-refractivity contribution in [1.82, 2.24) is 15.3 Å². The fourth-order valence-corrected chi connectivity index (χ4v) is 3.11. The van der Waals surface area contributed by atoms with Gasteiger partial charge in [-0.2, -0.15) is 4.98 Å². The Morgan fingerprint density at radius 3 is 2.75 bits per heavy atom. The minimum absolute atomic E-state index is 0.281. The summed E-state index contributed by atoms with van der Waals surface area (Å²) in [6.45, 7) is 7.48. The highest BCUT2D eigenvalue weighted by Crippen LogP contribution is 2.23. The van der Waals surface area contributed by atoms with Crippen molar-refractivity contribution in [2.45, 2.75) is 26.7 Å². The first-order valence-electron chi connectivity index (χ1n) is 9.77. The zero-order valence-electron chi connectivity index (χ0n) is 16.5. The highest BCUT2D eigenvalue weighted by molar-refractivity contribution is 5.90. The smallest absolute Gasteiger partial charge is 0.319 e. The lowest BCUT2D eigenvalue weighted by atomic mass is 10.3. The van der Waals surface area contributed by atoms with Crippen LogP contribution < -0.4 is 25.6 Å². The second kappa shape index (κ2) is 9.77. The van der Waals surface area contributed by atoms with Crippen LogP contribution in [-0.4, -0.2) is 48.8 Å². The lowest BCUT2D eigenvalue weighted by Crippen LogP contribution is -2.33. The fourth-order valence-electron chi connectivity index (χ4n) is 3.11. The van der Waals surface area contributed by atoms with Gasteiger partial charge in [-0.1, -0.05) is 12.1 Å². The van der Waals surface area contributed by atoms with E-state index in [9.17, 15) is 4.79 Å². The predicted molar refractivity (Wildman–Crippen MR) is 111 cm³/mol. The number of ether oxygens (including phenoxy) is 1. The number of rotatable bonds is 8. The van der Waals surface area contributed by atoms with Crippen LogP contribution in [0.3, 0.4) is 0 Å². The van der Waals surface area contributed by atoms with Crippen LogP contribution in [-0.2, 0) is 0 Å². The second-order valence-corrected chi connectivity index (χ2v) is 6.62. The van der Waals surface area contributed by atoms with Crippen molar-refractivity contribution in [3.63, 3.8) is 0 Å². The van der Waals surface area contributed by atoms with Gasteiger partial charge in [-0.25, -0.2) is 9.78 Å². The Morgan fingerprint density at radius 1 is 1.18 bits per heavy atom. The predicted octanol–water partition coefficient (Wildman–Crippen LogP) is 3.02. The average Bonchev–Trinajstić information content (AvgIpc) is 3.22. The van der Waals surface area contributed by atoms with Gasteiger partial charge in [0, 0.05) is 37.9 Å². The number of carbonyl (C=O) groups is 1. The summed E-state index contributed by atoms with van der Waals surface area (Å²) < 4.78 is 5.51. The summed E-state index contributed by atoms with van der Waals surface area (Å²) in [6, 6.07) is 9.09. The van der Waals surface area contributed by atoms with E-state index in [-0.39, 0.29) is 6.03 Å². The van der Waals surface area contributed by atoms with E-state index in [1.54, 1.807) is 0 Å². The molecule has 0 spiro atoms. The topological polar surface area (TPSA) is 91.4 Å². The van der Waals surface area contributed by atoms with Crippen molar-refractivity contribution in [2.24, 2.45) is 0 Å². The maximum Gasteiger partial charge on any atom is 0.319 e. The molecule has 2 heterocycles. The largest absolute Gasteiger partial charge is 0.492 e. The van der Waals surface area contributed by atoms with Gasteiger partial charge in [0.05, 0.1) is 12.3 Å². The third kappa shape index (κ3) is 5.48. The Kier molecular flexibility index (Phi) is 6.89. The first-order valence-corrected chi connectivity index (χ1v) is 9.77. The standard InChI is InChI=1S/C20H28N6O2/c1-3-28-17-9-5-4-8-16(17)24-20(27)22-11-10-21-19-23-15(2)14-18(25-19)26-12-6-7-13-26/h4-5,8-9,14H,3,6-7,10-13H2,1-2H3,(H,21,23,25)(H2,22,24,27). The lowest BCUT2D eigenvalue weighted by molar-refractivity contribution is 0.252. The first kappa shape index (κ1) is 19.7. The average molecular weight is 384 g/mol. The van der Waals surface area contributed by atoms with Crippen LogP contribution in [0.25, 0.3) is 0 Å². The molecule has 0 radical (unpaired) electrons. The second-order valence-electron chi connectivity index (χ2n) is 6.62. The van der Waals surface area contributed by atoms with Crippen molar-refractivity contribution in [1.29, 1.82) is 0 Å². The zero-order valence-corrected chi connectivity index (χ0v) is 16.5. The number of urea groups is 1. The molecule has 1 fully saturated rings. The van der Waals surface area contributed by atoms with Gasteiger partial charge in [0.25, 0.3) is 0 Å². The van der Waals surface area contributed by atoms with Crippen LogP contribution in [0.5, 0.6) is 5.75 Å². The number of carbonyl (C=O) groups excluding carboxylic acids is 1.